The monoisotopic (exact) mass is 442 g/mol. The second-order valence-corrected chi connectivity index (χ2v) is 6.89. The fourth-order valence-corrected chi connectivity index (χ4v) is 3.15. The van der Waals surface area contributed by atoms with E-state index in [9.17, 15) is 24.1 Å². The van der Waals surface area contributed by atoms with Crippen LogP contribution in [0.1, 0.15) is 15.9 Å². The maximum atomic E-state index is 13.9. The Labute approximate surface area is 177 Å². The number of non-ortho nitro benzene ring substituents is 1. The van der Waals surface area contributed by atoms with Crippen LogP contribution in [-0.2, 0) is 6.54 Å². The lowest BCUT2D eigenvalue weighted by atomic mass is 10.1. The molecule has 0 saturated heterocycles. The van der Waals surface area contributed by atoms with E-state index in [1.165, 1.54) is 53.3 Å². The summed E-state index contributed by atoms with van der Waals surface area (Å²) in [7, 11) is 0. The molecule has 156 valence electrons. The predicted octanol–water partition coefficient (Wildman–Crippen LogP) is 3.99. The number of benzene rings is 2. The number of hydrogen-bond donors (Lipinski definition) is 1. The van der Waals surface area contributed by atoms with E-state index in [2.05, 4.69) is 10.4 Å². The number of nitrogens with one attached hydrogen (secondary N) is 1. The second kappa shape index (κ2) is 8.00. The van der Waals surface area contributed by atoms with Crippen molar-refractivity contribution in [2.45, 2.75) is 6.54 Å². The molecule has 0 aliphatic heterocycles. The van der Waals surface area contributed by atoms with Crippen LogP contribution < -0.4 is 10.9 Å². The number of amides is 1. The highest BCUT2D eigenvalue weighted by Crippen LogP contribution is 2.22. The van der Waals surface area contributed by atoms with Crippen LogP contribution in [0.3, 0.4) is 0 Å². The molecule has 0 radical (unpaired) electrons. The van der Waals surface area contributed by atoms with Gasteiger partial charge in [0.1, 0.15) is 17.0 Å². The normalized spacial score (nSPS) is 10.9. The molecule has 2 heterocycles. The van der Waals surface area contributed by atoms with Crippen molar-refractivity contribution < 1.29 is 18.5 Å². The van der Waals surface area contributed by atoms with Crippen molar-refractivity contribution in [2.75, 3.05) is 5.32 Å². The van der Waals surface area contributed by atoms with Gasteiger partial charge in [-0.1, -0.05) is 17.7 Å². The van der Waals surface area contributed by atoms with Gasteiger partial charge in [-0.3, -0.25) is 19.6 Å². The Hall–Kier alpha value is -4.05. The highest BCUT2D eigenvalue weighted by atomic mass is 35.5. The lowest BCUT2D eigenvalue weighted by molar-refractivity contribution is -0.384. The maximum absolute atomic E-state index is 13.9. The van der Waals surface area contributed by atoms with E-state index < -0.39 is 22.3 Å². The molecule has 0 aliphatic rings. The molecule has 0 aliphatic carbocycles. The first kappa shape index (κ1) is 20.2. The second-order valence-electron chi connectivity index (χ2n) is 6.48. The van der Waals surface area contributed by atoms with E-state index in [-0.39, 0.29) is 45.2 Å². The molecular formula is C20H12ClFN4O5. The van der Waals surface area contributed by atoms with Crippen LogP contribution in [0.4, 0.5) is 15.9 Å². The summed E-state index contributed by atoms with van der Waals surface area (Å²) in [4.78, 5) is 35.0. The first-order valence-corrected chi connectivity index (χ1v) is 9.19. The Bertz CT molecular complexity index is 1380. The maximum Gasteiger partial charge on any atom is 0.349 e. The van der Waals surface area contributed by atoms with Crippen molar-refractivity contribution >= 4 is 40.0 Å². The summed E-state index contributed by atoms with van der Waals surface area (Å²) in [6.45, 7) is 0.0309. The average molecular weight is 443 g/mol. The number of halogens is 2. The van der Waals surface area contributed by atoms with Crippen LogP contribution in [0.25, 0.3) is 11.0 Å². The number of fused-ring (bicyclic) bond motifs is 1. The van der Waals surface area contributed by atoms with Crippen molar-refractivity contribution in [2.24, 2.45) is 0 Å². The van der Waals surface area contributed by atoms with Gasteiger partial charge in [-0.25, -0.2) is 9.18 Å². The minimum atomic E-state index is -0.906. The summed E-state index contributed by atoms with van der Waals surface area (Å²) >= 11 is 6.01. The van der Waals surface area contributed by atoms with Crippen LogP contribution in [-0.4, -0.2) is 20.6 Å². The summed E-state index contributed by atoms with van der Waals surface area (Å²) in [5.41, 5.74) is -1.12. The molecule has 31 heavy (non-hydrogen) atoms. The lowest BCUT2D eigenvalue weighted by Gasteiger charge is -2.06. The van der Waals surface area contributed by atoms with Crippen LogP contribution in [0.15, 0.2) is 63.9 Å². The summed E-state index contributed by atoms with van der Waals surface area (Å²) in [5.74, 6) is -1.19. The molecule has 0 spiro atoms. The van der Waals surface area contributed by atoms with Crippen molar-refractivity contribution in [3.05, 3.63) is 97.2 Å². The minimum Gasteiger partial charge on any atom is -0.422 e. The zero-order chi connectivity index (χ0) is 22.1. The van der Waals surface area contributed by atoms with Crippen LogP contribution in [0.2, 0.25) is 5.02 Å². The SMILES string of the molecule is O=C(Nc1ccn(Cc2c(F)cccc2Cl)n1)c1cc2cc([N+](=O)[O-])ccc2oc1=O. The number of nitrogens with zero attached hydrogens (tertiary/aromatic N) is 3. The third kappa shape index (κ3) is 4.14. The van der Waals surface area contributed by atoms with Gasteiger partial charge in [0.15, 0.2) is 5.82 Å². The topological polar surface area (TPSA) is 120 Å². The molecule has 0 bridgehead atoms. The van der Waals surface area contributed by atoms with Crippen LogP contribution >= 0.6 is 11.6 Å². The largest absolute Gasteiger partial charge is 0.422 e. The fraction of sp³-hybridized carbons (Fsp3) is 0.0500. The quantitative estimate of drug-likeness (QED) is 0.283. The van der Waals surface area contributed by atoms with E-state index >= 15 is 0 Å². The van der Waals surface area contributed by atoms with Crippen LogP contribution in [0.5, 0.6) is 0 Å². The molecule has 9 nitrogen and oxygen atoms in total. The fourth-order valence-electron chi connectivity index (χ4n) is 2.93. The van der Waals surface area contributed by atoms with E-state index in [1.54, 1.807) is 6.07 Å². The molecule has 0 atom stereocenters. The van der Waals surface area contributed by atoms with Gasteiger partial charge in [0.2, 0.25) is 0 Å². The van der Waals surface area contributed by atoms with E-state index in [0.29, 0.717) is 0 Å². The van der Waals surface area contributed by atoms with Crippen molar-refractivity contribution in [1.29, 1.82) is 0 Å². The number of hydrogen-bond acceptors (Lipinski definition) is 6. The molecule has 1 N–H and O–H groups in total. The van der Waals surface area contributed by atoms with Crippen LogP contribution in [0, 0.1) is 15.9 Å². The third-order valence-electron chi connectivity index (χ3n) is 4.44. The van der Waals surface area contributed by atoms with Gasteiger partial charge < -0.3 is 9.73 Å². The van der Waals surface area contributed by atoms with Gasteiger partial charge in [-0.15, -0.1) is 0 Å². The molecule has 2 aromatic carbocycles. The average Bonchev–Trinajstić information content (AvgIpc) is 3.16. The van der Waals surface area contributed by atoms with Gasteiger partial charge in [0.05, 0.1) is 11.5 Å². The first-order chi connectivity index (χ1) is 14.8. The molecule has 4 aromatic rings. The lowest BCUT2D eigenvalue weighted by Crippen LogP contribution is -2.21. The molecule has 1 amide bonds. The molecular weight excluding hydrogens is 431 g/mol. The number of carbonyl (C=O) groups excluding carboxylic acids is 1. The number of rotatable bonds is 5. The van der Waals surface area contributed by atoms with Crippen molar-refractivity contribution in [3.8, 4) is 0 Å². The Morgan fingerprint density at radius 3 is 2.81 bits per heavy atom. The van der Waals surface area contributed by atoms with Crippen molar-refractivity contribution in [3.63, 3.8) is 0 Å². The Balaban J connectivity index is 1.57. The Kier molecular flexibility index (Phi) is 5.22. The van der Waals surface area contributed by atoms with Gasteiger partial charge in [0, 0.05) is 40.4 Å². The third-order valence-corrected chi connectivity index (χ3v) is 4.79. The Morgan fingerprint density at radius 2 is 2.06 bits per heavy atom. The number of anilines is 1. The number of nitro benzene ring substituents is 1. The standard InChI is InChI=1S/C20H12ClFN4O5/c21-15-2-1-3-16(22)14(15)10-25-7-6-18(24-25)23-19(27)13-9-11-8-12(26(29)30)4-5-17(11)31-20(13)28/h1-9H,10H2,(H,23,24,27). The van der Waals surface area contributed by atoms with Gasteiger partial charge in [0.25, 0.3) is 11.6 Å². The zero-order valence-corrected chi connectivity index (χ0v) is 16.3. The van der Waals surface area contributed by atoms with E-state index in [4.69, 9.17) is 16.0 Å². The number of carbonyl (C=O) groups is 1. The number of nitro groups is 1. The number of aromatic nitrogens is 2. The smallest absolute Gasteiger partial charge is 0.349 e. The minimum absolute atomic E-state index is 0.0309. The molecule has 2 aromatic heterocycles. The van der Waals surface area contributed by atoms with Gasteiger partial charge in [-0.2, -0.15) is 5.10 Å². The molecule has 0 fully saturated rings. The summed E-state index contributed by atoms with van der Waals surface area (Å²) in [5, 5.41) is 18.0. The van der Waals surface area contributed by atoms with Gasteiger partial charge >= 0.3 is 5.63 Å². The molecule has 4 rings (SSSR count). The van der Waals surface area contributed by atoms with Crippen molar-refractivity contribution in [1.82, 2.24) is 9.78 Å². The van der Waals surface area contributed by atoms with Gasteiger partial charge in [-0.05, 0) is 24.3 Å². The molecule has 0 unspecified atom stereocenters. The first-order valence-electron chi connectivity index (χ1n) is 8.82. The van der Waals surface area contributed by atoms with E-state index in [1.807, 2.05) is 0 Å². The van der Waals surface area contributed by atoms with E-state index in [0.717, 1.165) is 0 Å². The predicted molar refractivity (Wildman–Crippen MR) is 110 cm³/mol. The highest BCUT2D eigenvalue weighted by molar-refractivity contribution is 6.31. The summed E-state index contributed by atoms with van der Waals surface area (Å²) in [6.07, 6.45) is 1.50. The summed E-state index contributed by atoms with van der Waals surface area (Å²) in [6, 6.07) is 10.7. The highest BCUT2D eigenvalue weighted by Gasteiger charge is 2.17. The Morgan fingerprint density at radius 1 is 1.26 bits per heavy atom. The molecule has 11 heteroatoms. The summed E-state index contributed by atoms with van der Waals surface area (Å²) < 4.78 is 20.4. The molecule has 0 saturated carbocycles. The zero-order valence-electron chi connectivity index (χ0n) is 15.5.